The lowest BCUT2D eigenvalue weighted by Gasteiger charge is -2.17. The smallest absolute Gasteiger partial charge is 0.332 e. The van der Waals surface area contributed by atoms with Crippen molar-refractivity contribution in [3.05, 3.63) is 96.0 Å². The molecule has 0 aliphatic rings. The van der Waals surface area contributed by atoms with Gasteiger partial charge >= 0.3 is 5.97 Å². The van der Waals surface area contributed by atoms with Crippen molar-refractivity contribution < 1.29 is 23.5 Å². The third kappa shape index (κ3) is 5.52. The zero-order chi connectivity index (χ0) is 20.6. The average molecular weight is 389 g/mol. The Bertz CT molecular complexity index is 1020. The maximum atomic E-state index is 12.8. The summed E-state index contributed by atoms with van der Waals surface area (Å²) in [7, 11) is 0. The maximum Gasteiger partial charge on any atom is 0.332 e. The van der Waals surface area contributed by atoms with Crippen molar-refractivity contribution in [2.75, 3.05) is 5.32 Å². The quantitative estimate of drug-likeness (QED) is 0.367. The molecule has 3 aromatic rings. The molecule has 1 amide bonds. The molecule has 0 fully saturated rings. The molecule has 29 heavy (non-hydrogen) atoms. The second-order valence-electron chi connectivity index (χ2n) is 6.20. The van der Waals surface area contributed by atoms with Crippen molar-refractivity contribution in [3.63, 3.8) is 0 Å². The van der Waals surface area contributed by atoms with Gasteiger partial charge in [0.1, 0.15) is 5.76 Å². The standard InChI is InChI=1S/C23H19NO5/c1-16(25)18-9-5-10-19(15-18)24-23(27)22(17-7-3-2-4-8-17)29-21(26)13-12-20-11-6-14-28-20/h2-15,22H,1H3,(H,24,27)/b13-12+/t22-/m1/s1. The van der Waals surface area contributed by atoms with E-state index in [0.717, 1.165) is 0 Å². The number of nitrogens with one attached hydrogen (secondary N) is 1. The van der Waals surface area contributed by atoms with Crippen LogP contribution in [0.25, 0.3) is 6.08 Å². The van der Waals surface area contributed by atoms with Crippen LogP contribution in [0.5, 0.6) is 0 Å². The molecule has 0 unspecified atom stereocenters. The van der Waals surface area contributed by atoms with Crippen LogP contribution in [-0.4, -0.2) is 17.7 Å². The Kier molecular flexibility index (Phi) is 6.37. The lowest BCUT2D eigenvalue weighted by atomic mass is 10.1. The Morgan fingerprint density at radius 1 is 1.00 bits per heavy atom. The SMILES string of the molecule is CC(=O)c1cccc(NC(=O)[C@H](OC(=O)/C=C/c2ccco2)c2ccccc2)c1. The second-order valence-corrected chi connectivity index (χ2v) is 6.20. The summed E-state index contributed by atoms with van der Waals surface area (Å²) in [6, 6.07) is 18.6. The molecular formula is C23H19NO5. The first-order valence-electron chi connectivity index (χ1n) is 8.92. The summed E-state index contributed by atoms with van der Waals surface area (Å²) in [5.74, 6) is -0.849. The summed E-state index contributed by atoms with van der Waals surface area (Å²) in [6.45, 7) is 1.45. The van der Waals surface area contributed by atoms with E-state index >= 15 is 0 Å². The number of amides is 1. The fourth-order valence-corrected chi connectivity index (χ4v) is 2.62. The van der Waals surface area contributed by atoms with Crippen molar-refractivity contribution in [3.8, 4) is 0 Å². The zero-order valence-corrected chi connectivity index (χ0v) is 15.7. The number of furan rings is 1. The number of benzene rings is 2. The molecule has 1 aromatic heterocycles. The van der Waals surface area contributed by atoms with Crippen LogP contribution < -0.4 is 5.32 Å². The van der Waals surface area contributed by atoms with Gasteiger partial charge in [0.15, 0.2) is 5.78 Å². The number of rotatable bonds is 7. The summed E-state index contributed by atoms with van der Waals surface area (Å²) in [5, 5.41) is 2.70. The molecule has 6 nitrogen and oxygen atoms in total. The third-order valence-corrected chi connectivity index (χ3v) is 4.04. The minimum Gasteiger partial charge on any atom is -0.465 e. The third-order valence-electron chi connectivity index (χ3n) is 4.04. The van der Waals surface area contributed by atoms with Gasteiger partial charge in [0.2, 0.25) is 6.10 Å². The van der Waals surface area contributed by atoms with Crippen molar-refractivity contribution in [1.82, 2.24) is 0 Å². The van der Waals surface area contributed by atoms with E-state index in [-0.39, 0.29) is 5.78 Å². The van der Waals surface area contributed by atoms with Gasteiger partial charge in [0.05, 0.1) is 6.26 Å². The number of carbonyl (C=O) groups is 3. The van der Waals surface area contributed by atoms with Crippen LogP contribution in [0.1, 0.15) is 34.7 Å². The van der Waals surface area contributed by atoms with E-state index < -0.39 is 18.0 Å². The number of hydrogen-bond acceptors (Lipinski definition) is 5. The highest BCUT2D eigenvalue weighted by Crippen LogP contribution is 2.21. The van der Waals surface area contributed by atoms with Crippen molar-refractivity contribution in [2.24, 2.45) is 0 Å². The van der Waals surface area contributed by atoms with Crippen molar-refractivity contribution >= 4 is 29.4 Å². The minimum absolute atomic E-state index is 0.116. The van der Waals surface area contributed by atoms with Crippen LogP contribution in [0.4, 0.5) is 5.69 Å². The fraction of sp³-hybridized carbons (Fsp3) is 0.0870. The van der Waals surface area contributed by atoms with Gasteiger partial charge in [-0.15, -0.1) is 0 Å². The Labute approximate surface area is 167 Å². The molecule has 0 saturated carbocycles. The van der Waals surface area contributed by atoms with Crippen LogP contribution in [-0.2, 0) is 14.3 Å². The largest absolute Gasteiger partial charge is 0.465 e. The summed E-state index contributed by atoms with van der Waals surface area (Å²) in [4.78, 5) is 36.6. The molecule has 0 saturated heterocycles. The van der Waals surface area contributed by atoms with Gasteiger partial charge in [-0.3, -0.25) is 9.59 Å². The highest BCUT2D eigenvalue weighted by atomic mass is 16.5. The topological polar surface area (TPSA) is 85.6 Å². The van der Waals surface area contributed by atoms with E-state index in [9.17, 15) is 14.4 Å². The Hall–Kier alpha value is -3.93. The molecular weight excluding hydrogens is 370 g/mol. The van der Waals surface area contributed by atoms with Crippen LogP contribution in [0.2, 0.25) is 0 Å². The van der Waals surface area contributed by atoms with Gasteiger partial charge in [-0.05, 0) is 37.3 Å². The molecule has 2 aromatic carbocycles. The number of anilines is 1. The molecule has 6 heteroatoms. The van der Waals surface area contributed by atoms with Gasteiger partial charge in [-0.1, -0.05) is 42.5 Å². The number of ketones is 1. The monoisotopic (exact) mass is 389 g/mol. The van der Waals surface area contributed by atoms with E-state index in [1.807, 2.05) is 0 Å². The number of carbonyl (C=O) groups excluding carboxylic acids is 3. The lowest BCUT2D eigenvalue weighted by molar-refractivity contribution is -0.149. The maximum absolute atomic E-state index is 12.8. The van der Waals surface area contributed by atoms with Crippen molar-refractivity contribution in [1.29, 1.82) is 0 Å². The number of ether oxygens (including phenoxy) is 1. The molecule has 1 atom stereocenters. The molecule has 146 valence electrons. The van der Waals surface area contributed by atoms with Crippen LogP contribution in [0, 0.1) is 0 Å². The molecule has 0 radical (unpaired) electrons. The van der Waals surface area contributed by atoms with Gasteiger partial charge < -0.3 is 14.5 Å². The summed E-state index contributed by atoms with van der Waals surface area (Å²) in [5.41, 5.74) is 1.43. The van der Waals surface area contributed by atoms with E-state index in [4.69, 9.17) is 9.15 Å². The Morgan fingerprint density at radius 2 is 1.79 bits per heavy atom. The van der Waals surface area contributed by atoms with Gasteiger partial charge in [0, 0.05) is 22.9 Å². The zero-order valence-electron chi connectivity index (χ0n) is 15.7. The molecule has 1 heterocycles. The molecule has 3 rings (SSSR count). The van der Waals surface area contributed by atoms with E-state index in [2.05, 4.69) is 5.32 Å². The van der Waals surface area contributed by atoms with Gasteiger partial charge in [-0.25, -0.2) is 4.79 Å². The van der Waals surface area contributed by atoms with Crippen LogP contribution in [0.15, 0.2) is 83.5 Å². The summed E-state index contributed by atoms with van der Waals surface area (Å²) in [6.07, 6.45) is 2.98. The second kappa shape index (κ2) is 9.32. The number of esters is 1. The first kappa shape index (κ1) is 19.8. The Balaban J connectivity index is 1.78. The molecule has 0 bridgehead atoms. The summed E-state index contributed by atoms with van der Waals surface area (Å²) < 4.78 is 10.5. The molecule has 0 spiro atoms. The molecule has 1 N–H and O–H groups in total. The number of Topliss-reactive ketones (excluding diaryl/α,β-unsaturated/α-hetero) is 1. The normalized spacial score (nSPS) is 11.8. The van der Waals surface area contributed by atoms with E-state index in [1.165, 1.54) is 25.3 Å². The van der Waals surface area contributed by atoms with E-state index in [1.54, 1.807) is 66.7 Å². The highest BCUT2D eigenvalue weighted by molar-refractivity contribution is 5.99. The first-order valence-corrected chi connectivity index (χ1v) is 8.92. The fourth-order valence-electron chi connectivity index (χ4n) is 2.62. The molecule has 0 aliphatic carbocycles. The highest BCUT2D eigenvalue weighted by Gasteiger charge is 2.24. The van der Waals surface area contributed by atoms with Crippen LogP contribution >= 0.6 is 0 Å². The first-order chi connectivity index (χ1) is 14.0. The number of hydrogen-bond donors (Lipinski definition) is 1. The lowest BCUT2D eigenvalue weighted by Crippen LogP contribution is -2.25. The molecule has 0 aliphatic heterocycles. The predicted molar refractivity (Wildman–Crippen MR) is 108 cm³/mol. The van der Waals surface area contributed by atoms with Crippen molar-refractivity contribution in [2.45, 2.75) is 13.0 Å². The van der Waals surface area contributed by atoms with Crippen LogP contribution in [0.3, 0.4) is 0 Å². The Morgan fingerprint density at radius 3 is 2.48 bits per heavy atom. The van der Waals surface area contributed by atoms with Gasteiger partial charge in [-0.2, -0.15) is 0 Å². The van der Waals surface area contributed by atoms with E-state index in [0.29, 0.717) is 22.6 Å². The minimum atomic E-state index is -1.16. The summed E-state index contributed by atoms with van der Waals surface area (Å²) >= 11 is 0. The average Bonchev–Trinajstić information content (AvgIpc) is 3.25. The predicted octanol–water partition coefficient (Wildman–Crippen LogP) is 4.42. The van der Waals surface area contributed by atoms with Gasteiger partial charge in [0.25, 0.3) is 5.91 Å².